The van der Waals surface area contributed by atoms with Gasteiger partial charge < -0.3 is 15.2 Å². The van der Waals surface area contributed by atoms with Crippen LogP contribution in [0.2, 0.25) is 0 Å². The minimum Gasteiger partial charge on any atom is -0.492 e. The number of fused-ring (bicyclic) bond motifs is 1. The van der Waals surface area contributed by atoms with E-state index in [1.165, 1.54) is 0 Å². The molecule has 1 unspecified atom stereocenters. The Morgan fingerprint density at radius 2 is 2.14 bits per heavy atom. The highest BCUT2D eigenvalue weighted by Crippen LogP contribution is 2.42. The number of hydrogen-bond acceptors (Lipinski definition) is 6. The number of nitriles is 1. The molecule has 1 aromatic carbocycles. The Balaban J connectivity index is 1.83. The molecule has 0 amide bonds. The predicted octanol–water partition coefficient (Wildman–Crippen LogP) is 4.58. The summed E-state index contributed by atoms with van der Waals surface area (Å²) in [4.78, 5) is 5.40. The highest BCUT2D eigenvalue weighted by molar-refractivity contribution is 7.19. The van der Waals surface area contributed by atoms with E-state index in [2.05, 4.69) is 23.3 Å². The van der Waals surface area contributed by atoms with Crippen LogP contribution in [0, 0.1) is 23.7 Å². The average molecular weight is 408 g/mol. The molecule has 4 rings (SSSR count). The first-order chi connectivity index (χ1) is 13.9. The van der Waals surface area contributed by atoms with Gasteiger partial charge in [-0.2, -0.15) is 5.26 Å². The van der Waals surface area contributed by atoms with Crippen LogP contribution in [0.1, 0.15) is 42.4 Å². The van der Waals surface area contributed by atoms with Crippen LogP contribution in [0.5, 0.6) is 5.75 Å². The number of aliphatic hydroxyl groups excluding tert-OH is 1. The summed E-state index contributed by atoms with van der Waals surface area (Å²) in [6, 6.07) is 9.96. The van der Waals surface area contributed by atoms with E-state index in [0.717, 1.165) is 50.6 Å². The van der Waals surface area contributed by atoms with Crippen LogP contribution in [0.15, 0.2) is 30.5 Å². The second-order valence-corrected chi connectivity index (χ2v) is 9.21. The number of rotatable bonds is 6. The van der Waals surface area contributed by atoms with E-state index < -0.39 is 6.10 Å². The third-order valence-electron chi connectivity index (χ3n) is 5.51. The Morgan fingerprint density at radius 1 is 1.34 bits per heavy atom. The van der Waals surface area contributed by atoms with Crippen molar-refractivity contribution in [1.29, 1.82) is 5.26 Å². The van der Waals surface area contributed by atoms with Gasteiger partial charge in [0, 0.05) is 40.7 Å². The van der Waals surface area contributed by atoms with Crippen LogP contribution in [0.3, 0.4) is 0 Å². The van der Waals surface area contributed by atoms with Gasteiger partial charge in [0.25, 0.3) is 0 Å². The highest BCUT2D eigenvalue weighted by atomic mass is 32.1. The zero-order valence-corrected chi connectivity index (χ0v) is 17.8. The smallest absolute Gasteiger partial charge is 0.130 e. The molecule has 0 saturated carbocycles. The Labute approximate surface area is 175 Å². The van der Waals surface area contributed by atoms with Gasteiger partial charge in [-0.05, 0) is 43.2 Å². The first-order valence-corrected chi connectivity index (χ1v) is 10.7. The Hall–Kier alpha value is -2.46. The first kappa shape index (κ1) is 19.8. The van der Waals surface area contributed by atoms with E-state index in [0.29, 0.717) is 18.6 Å². The molecule has 3 heterocycles. The third kappa shape index (κ3) is 3.74. The average Bonchev–Trinajstić information content (AvgIpc) is 3.14. The molecule has 1 aliphatic rings. The molecule has 2 N–H and O–H groups in total. The first-order valence-electron chi connectivity index (χ1n) is 9.89. The van der Waals surface area contributed by atoms with Crippen LogP contribution >= 0.6 is 11.3 Å². The van der Waals surface area contributed by atoms with Crippen molar-refractivity contribution in [2.24, 2.45) is 5.41 Å². The normalized spacial score (nSPS) is 16.2. The number of benzene rings is 1. The van der Waals surface area contributed by atoms with Crippen LogP contribution in [0.25, 0.3) is 21.3 Å². The van der Waals surface area contributed by atoms with E-state index in [-0.39, 0.29) is 5.41 Å². The maximum atomic E-state index is 10.3. The lowest BCUT2D eigenvalue weighted by atomic mass is 9.85. The minimum atomic E-state index is -0.490. The summed E-state index contributed by atoms with van der Waals surface area (Å²) in [7, 11) is 0. The molecule has 0 bridgehead atoms. The quantitative estimate of drug-likeness (QED) is 0.626. The number of ether oxygens (including phenoxy) is 1. The van der Waals surface area contributed by atoms with Crippen molar-refractivity contribution in [3.8, 4) is 22.9 Å². The van der Waals surface area contributed by atoms with Crippen molar-refractivity contribution >= 4 is 21.6 Å². The van der Waals surface area contributed by atoms with Crippen LogP contribution in [-0.4, -0.2) is 29.8 Å². The van der Waals surface area contributed by atoms with Crippen LogP contribution in [0.4, 0.5) is 0 Å². The van der Waals surface area contributed by atoms with E-state index in [4.69, 9.17) is 4.74 Å². The van der Waals surface area contributed by atoms with Gasteiger partial charge in [0.2, 0.25) is 0 Å². The SMILES string of the molecule is CCC(O)c1cc2nccc(-c3cc(C#N)cc(C)c3OCC3(C)CNC3)c2s1. The number of nitrogens with one attached hydrogen (secondary N) is 1. The summed E-state index contributed by atoms with van der Waals surface area (Å²) in [6.07, 6.45) is 1.95. The summed E-state index contributed by atoms with van der Waals surface area (Å²) in [5, 5.41) is 23.1. The fourth-order valence-corrected chi connectivity index (χ4v) is 4.88. The fraction of sp³-hybridized carbons (Fsp3) is 0.391. The summed E-state index contributed by atoms with van der Waals surface area (Å²) in [6.45, 7) is 8.68. The number of nitrogens with zero attached hydrogens (tertiary/aromatic N) is 2. The molecular weight excluding hydrogens is 382 g/mol. The second-order valence-electron chi connectivity index (χ2n) is 8.13. The van der Waals surface area contributed by atoms with Gasteiger partial charge in [-0.15, -0.1) is 11.3 Å². The largest absolute Gasteiger partial charge is 0.492 e. The molecular formula is C23H25N3O2S. The standard InChI is InChI=1S/C23H25N3O2S/c1-4-19(27)20-9-18-22(29-20)16(5-6-26-18)17-8-15(10-24)7-14(2)21(17)28-13-23(3)11-25-12-23/h5-9,19,25,27H,4,11-13H2,1-3H3. The maximum absolute atomic E-state index is 10.3. The van der Waals surface area contributed by atoms with Gasteiger partial charge in [0.1, 0.15) is 5.75 Å². The highest BCUT2D eigenvalue weighted by Gasteiger charge is 2.33. The van der Waals surface area contributed by atoms with Gasteiger partial charge in [0.15, 0.2) is 0 Å². The van der Waals surface area contributed by atoms with Crippen LogP contribution in [-0.2, 0) is 0 Å². The van der Waals surface area contributed by atoms with Gasteiger partial charge in [-0.3, -0.25) is 4.98 Å². The summed E-state index contributed by atoms with van der Waals surface area (Å²) >= 11 is 1.56. The van der Waals surface area contributed by atoms with E-state index in [1.807, 2.05) is 38.1 Å². The molecule has 0 radical (unpaired) electrons. The minimum absolute atomic E-state index is 0.131. The maximum Gasteiger partial charge on any atom is 0.130 e. The van der Waals surface area contributed by atoms with Crippen molar-refractivity contribution in [2.45, 2.75) is 33.3 Å². The Kier molecular flexibility index (Phi) is 5.30. The lowest BCUT2D eigenvalue weighted by molar-refractivity contribution is 0.102. The fourth-order valence-electron chi connectivity index (χ4n) is 3.66. The summed E-state index contributed by atoms with van der Waals surface area (Å²) < 4.78 is 7.34. The Bertz CT molecular complexity index is 1100. The van der Waals surface area contributed by atoms with Gasteiger partial charge in [0.05, 0.1) is 34.6 Å². The molecule has 5 nitrogen and oxygen atoms in total. The molecule has 0 aliphatic carbocycles. The van der Waals surface area contributed by atoms with Crippen molar-refractivity contribution in [1.82, 2.24) is 10.3 Å². The van der Waals surface area contributed by atoms with E-state index in [9.17, 15) is 10.4 Å². The molecule has 1 fully saturated rings. The topological polar surface area (TPSA) is 78.2 Å². The third-order valence-corrected chi connectivity index (χ3v) is 6.77. The van der Waals surface area contributed by atoms with Crippen molar-refractivity contribution in [3.63, 3.8) is 0 Å². The lowest BCUT2D eigenvalue weighted by Gasteiger charge is -2.39. The van der Waals surface area contributed by atoms with Crippen molar-refractivity contribution in [2.75, 3.05) is 19.7 Å². The zero-order valence-electron chi connectivity index (χ0n) is 17.0. The number of aromatic nitrogens is 1. The van der Waals surface area contributed by atoms with Gasteiger partial charge in [-0.25, -0.2) is 0 Å². The molecule has 1 saturated heterocycles. The van der Waals surface area contributed by atoms with E-state index in [1.54, 1.807) is 17.5 Å². The summed E-state index contributed by atoms with van der Waals surface area (Å²) in [5.74, 6) is 0.815. The Morgan fingerprint density at radius 3 is 2.79 bits per heavy atom. The van der Waals surface area contributed by atoms with Gasteiger partial charge in [-0.1, -0.05) is 13.8 Å². The molecule has 29 heavy (non-hydrogen) atoms. The molecule has 2 aromatic heterocycles. The molecule has 150 valence electrons. The monoisotopic (exact) mass is 407 g/mol. The number of pyridine rings is 1. The lowest BCUT2D eigenvalue weighted by Crippen LogP contribution is -2.54. The number of aliphatic hydroxyl groups is 1. The number of aryl methyl sites for hydroxylation is 1. The molecule has 1 atom stereocenters. The van der Waals surface area contributed by atoms with E-state index >= 15 is 0 Å². The number of thiophene rings is 1. The molecule has 0 spiro atoms. The second kappa shape index (κ2) is 7.75. The summed E-state index contributed by atoms with van der Waals surface area (Å²) in [5.41, 5.74) is 4.44. The van der Waals surface area contributed by atoms with Gasteiger partial charge >= 0.3 is 0 Å². The molecule has 6 heteroatoms. The molecule has 3 aromatic rings. The van der Waals surface area contributed by atoms with Crippen LogP contribution < -0.4 is 10.1 Å². The predicted molar refractivity (Wildman–Crippen MR) is 116 cm³/mol. The molecule has 1 aliphatic heterocycles. The van der Waals surface area contributed by atoms with Crippen molar-refractivity contribution < 1.29 is 9.84 Å². The van der Waals surface area contributed by atoms with Crippen molar-refractivity contribution in [3.05, 3.63) is 46.5 Å². The number of hydrogen-bond donors (Lipinski definition) is 2. The zero-order chi connectivity index (χ0) is 20.6.